The molecule has 0 saturated carbocycles. The summed E-state index contributed by atoms with van der Waals surface area (Å²) in [7, 11) is 4.99. The molecule has 0 aliphatic carbocycles. The smallest absolute Gasteiger partial charge is 0.407 e. The van der Waals surface area contributed by atoms with E-state index in [0.29, 0.717) is 63.5 Å². The van der Waals surface area contributed by atoms with Crippen molar-refractivity contribution in [1.29, 1.82) is 0 Å². The molecule has 15 nitrogen and oxygen atoms in total. The summed E-state index contributed by atoms with van der Waals surface area (Å²) in [6, 6.07) is 16.3. The Labute approximate surface area is 379 Å². The molecule has 5 rings (SSSR count). The van der Waals surface area contributed by atoms with Crippen molar-refractivity contribution in [3.8, 4) is 22.6 Å². The maximum absolute atomic E-state index is 12.3. The molecule has 64 heavy (non-hydrogen) atoms. The number of ether oxygens (including phenoxy) is 3. The van der Waals surface area contributed by atoms with Crippen molar-refractivity contribution in [2.45, 2.75) is 93.0 Å². The van der Waals surface area contributed by atoms with E-state index in [2.05, 4.69) is 61.8 Å². The van der Waals surface area contributed by atoms with E-state index in [-0.39, 0.29) is 11.8 Å². The second-order valence-corrected chi connectivity index (χ2v) is 17.7. The molecule has 1 aromatic carbocycles. The molecule has 0 unspecified atom stereocenters. The van der Waals surface area contributed by atoms with Gasteiger partial charge in [0.15, 0.2) is 0 Å². The number of carbonyl (C=O) groups is 3. The van der Waals surface area contributed by atoms with Crippen molar-refractivity contribution >= 4 is 17.9 Å². The van der Waals surface area contributed by atoms with Crippen LogP contribution in [-0.4, -0.2) is 127 Å². The first-order valence-electron chi connectivity index (χ1n) is 22.3. The van der Waals surface area contributed by atoms with Crippen molar-refractivity contribution in [3.05, 3.63) is 99.4 Å². The van der Waals surface area contributed by atoms with Crippen molar-refractivity contribution in [1.82, 2.24) is 45.6 Å². The van der Waals surface area contributed by atoms with Gasteiger partial charge in [-0.15, -0.1) is 0 Å². The Morgan fingerprint density at radius 3 is 1.58 bits per heavy atom. The quantitative estimate of drug-likeness (QED) is 0.115. The molecule has 1 aliphatic heterocycles. The first kappa shape index (κ1) is 49.4. The Morgan fingerprint density at radius 1 is 0.656 bits per heavy atom. The van der Waals surface area contributed by atoms with Crippen molar-refractivity contribution in [2.75, 3.05) is 73.6 Å². The van der Waals surface area contributed by atoms with Gasteiger partial charge in [-0.1, -0.05) is 0 Å². The Hall–Kier alpha value is -5.64. The molecular formula is C49H69N9O6. The number of alkyl carbamates (subject to hydrolysis) is 1. The van der Waals surface area contributed by atoms with E-state index in [1.54, 1.807) is 21.2 Å². The highest BCUT2D eigenvalue weighted by Gasteiger charge is 2.21. The van der Waals surface area contributed by atoms with Crippen LogP contribution in [0, 0.1) is 27.7 Å². The zero-order valence-electron chi connectivity index (χ0n) is 39.7. The second kappa shape index (κ2) is 23.3. The molecule has 3 N–H and O–H groups in total. The number of rotatable bonds is 17. The SMILES string of the molecule is CNC(=O)Cc1cc(C)nc(CN2CCN(Cc3cc(CC(=O)NC)cc(C)n3)CCN(Cc3cc(-c4c(C)cc(OCCCNC(=O)OC(C)(C)C)cc4OC)cc(C)n3)CC2)c1. The number of likely N-dealkylation sites (N-methyl/N-ethyl adjacent to an activating group) is 2. The van der Waals surface area contributed by atoms with Gasteiger partial charge in [0.2, 0.25) is 11.8 Å². The average Bonchev–Trinajstić information content (AvgIpc) is 3.29. The maximum atomic E-state index is 12.3. The summed E-state index contributed by atoms with van der Waals surface area (Å²) in [5.41, 5.74) is 9.91. The van der Waals surface area contributed by atoms with Gasteiger partial charge in [0.05, 0.1) is 43.6 Å². The van der Waals surface area contributed by atoms with Gasteiger partial charge < -0.3 is 30.2 Å². The molecule has 0 spiro atoms. The third kappa shape index (κ3) is 15.9. The van der Waals surface area contributed by atoms with Gasteiger partial charge in [0.1, 0.15) is 17.1 Å². The number of aromatic nitrogens is 3. The van der Waals surface area contributed by atoms with Gasteiger partial charge in [0, 0.05) is 108 Å². The molecule has 15 heteroatoms. The Morgan fingerprint density at radius 2 is 1.12 bits per heavy atom. The summed E-state index contributed by atoms with van der Waals surface area (Å²) in [5.74, 6) is 1.34. The second-order valence-electron chi connectivity index (χ2n) is 17.7. The van der Waals surface area contributed by atoms with E-state index < -0.39 is 11.7 Å². The minimum absolute atomic E-state index is 0.0282. The molecule has 4 heterocycles. The van der Waals surface area contributed by atoms with Crippen molar-refractivity contribution in [2.24, 2.45) is 0 Å². The molecule has 1 saturated heterocycles. The normalized spacial score (nSPS) is 14.2. The van der Waals surface area contributed by atoms with E-state index in [4.69, 9.17) is 29.2 Å². The minimum atomic E-state index is -0.549. The van der Waals surface area contributed by atoms with Gasteiger partial charge in [0.25, 0.3) is 0 Å². The summed E-state index contributed by atoms with van der Waals surface area (Å²) in [4.78, 5) is 58.7. The molecule has 0 radical (unpaired) electrons. The number of hydrogen-bond donors (Lipinski definition) is 3. The van der Waals surface area contributed by atoms with Crippen LogP contribution in [0.2, 0.25) is 0 Å². The number of amides is 3. The van der Waals surface area contributed by atoms with Crippen LogP contribution in [0.25, 0.3) is 11.1 Å². The van der Waals surface area contributed by atoms with E-state index in [9.17, 15) is 14.4 Å². The lowest BCUT2D eigenvalue weighted by Gasteiger charge is -2.26. The lowest BCUT2D eigenvalue weighted by molar-refractivity contribution is -0.120. The van der Waals surface area contributed by atoms with Crippen LogP contribution >= 0.6 is 0 Å². The predicted octanol–water partition coefficient (Wildman–Crippen LogP) is 5.47. The van der Waals surface area contributed by atoms with Crippen LogP contribution in [0.15, 0.2) is 48.5 Å². The molecule has 1 aliphatic rings. The van der Waals surface area contributed by atoms with Gasteiger partial charge in [-0.05, 0) is 120 Å². The number of carbonyl (C=O) groups excluding carboxylic acids is 3. The first-order valence-corrected chi connectivity index (χ1v) is 22.3. The highest BCUT2D eigenvalue weighted by atomic mass is 16.6. The average molecular weight is 880 g/mol. The molecule has 4 aromatic rings. The largest absolute Gasteiger partial charge is 0.496 e. The van der Waals surface area contributed by atoms with Crippen LogP contribution in [0.4, 0.5) is 4.79 Å². The molecular weight excluding hydrogens is 811 g/mol. The number of nitrogens with one attached hydrogen (secondary N) is 3. The van der Waals surface area contributed by atoms with Gasteiger partial charge in [-0.25, -0.2) is 4.79 Å². The number of pyridine rings is 3. The standard InChI is InChI=1S/C49H69N9O6/c1-33-20-43(63-19-11-12-52-48(61)64-49(5,6)7)29-44(62-10)47(33)39-23-36(4)55-42(28-39)32-58-17-15-56(30-40-24-37(21-34(2)53-40)26-45(59)50-8)13-14-57(16-18-58)31-41-25-38(22-35(3)54-41)27-46(60)51-9/h20-25,28-29H,11-19,26-27,30-32H2,1-10H3,(H,50,59)(H,51,60)(H,52,61). The highest BCUT2D eigenvalue weighted by Crippen LogP contribution is 2.37. The maximum Gasteiger partial charge on any atom is 0.407 e. The minimum Gasteiger partial charge on any atom is -0.496 e. The number of aryl methyl sites for hydroxylation is 4. The summed E-state index contributed by atoms with van der Waals surface area (Å²) in [5, 5.41) is 8.24. The van der Waals surface area contributed by atoms with Crippen LogP contribution in [-0.2, 0) is 46.8 Å². The monoisotopic (exact) mass is 880 g/mol. The zero-order valence-corrected chi connectivity index (χ0v) is 39.7. The van der Waals surface area contributed by atoms with E-state index >= 15 is 0 Å². The topological polar surface area (TPSA) is 163 Å². The summed E-state index contributed by atoms with van der Waals surface area (Å²) in [6.07, 6.45) is 0.798. The first-order chi connectivity index (χ1) is 30.5. The van der Waals surface area contributed by atoms with Gasteiger partial charge in [-0.2, -0.15) is 0 Å². The Balaban J connectivity index is 1.35. The number of nitrogens with zero attached hydrogens (tertiary/aromatic N) is 6. The summed E-state index contributed by atoms with van der Waals surface area (Å²) < 4.78 is 17.4. The van der Waals surface area contributed by atoms with Gasteiger partial charge >= 0.3 is 6.09 Å². The summed E-state index contributed by atoms with van der Waals surface area (Å²) >= 11 is 0. The van der Waals surface area contributed by atoms with Crippen LogP contribution in [0.5, 0.6) is 11.5 Å². The molecule has 0 bridgehead atoms. The van der Waals surface area contributed by atoms with E-state index in [1.165, 1.54) is 0 Å². The fourth-order valence-corrected chi connectivity index (χ4v) is 7.96. The molecule has 1 fully saturated rings. The third-order valence-electron chi connectivity index (χ3n) is 10.8. The third-order valence-corrected chi connectivity index (χ3v) is 10.8. The Bertz CT molecular complexity index is 2140. The van der Waals surface area contributed by atoms with Crippen LogP contribution in [0.1, 0.15) is 78.0 Å². The molecule has 0 atom stereocenters. The fraction of sp³-hybridized carbons (Fsp3) is 0.510. The van der Waals surface area contributed by atoms with Crippen LogP contribution < -0.4 is 25.4 Å². The number of benzene rings is 1. The highest BCUT2D eigenvalue weighted by molar-refractivity contribution is 5.79. The van der Waals surface area contributed by atoms with Crippen molar-refractivity contribution < 1.29 is 28.6 Å². The summed E-state index contributed by atoms with van der Waals surface area (Å²) in [6.45, 7) is 21.3. The van der Waals surface area contributed by atoms with Crippen LogP contribution in [0.3, 0.4) is 0 Å². The van der Waals surface area contributed by atoms with Crippen molar-refractivity contribution in [3.63, 3.8) is 0 Å². The molecule has 346 valence electrons. The number of methoxy groups -OCH3 is 1. The lowest BCUT2D eigenvalue weighted by Crippen LogP contribution is -2.36. The Kier molecular flexibility index (Phi) is 18.0. The molecule has 3 amide bonds. The van der Waals surface area contributed by atoms with Gasteiger partial charge in [-0.3, -0.25) is 39.2 Å². The predicted molar refractivity (Wildman–Crippen MR) is 249 cm³/mol. The zero-order chi connectivity index (χ0) is 46.4. The van der Waals surface area contributed by atoms with E-state index in [1.807, 2.05) is 65.8 Å². The molecule has 3 aromatic heterocycles. The van der Waals surface area contributed by atoms with E-state index in [0.717, 1.165) is 101 Å². The number of hydrogen-bond acceptors (Lipinski definition) is 12. The lowest BCUT2D eigenvalue weighted by atomic mass is 9.98. The fourth-order valence-electron chi connectivity index (χ4n) is 7.96.